The molecule has 1 fully saturated rings. The highest BCUT2D eigenvalue weighted by molar-refractivity contribution is 7.22. The summed E-state index contributed by atoms with van der Waals surface area (Å²) in [5.74, 6) is 0.813. The van der Waals surface area contributed by atoms with Gasteiger partial charge in [0, 0.05) is 38.3 Å². The lowest BCUT2D eigenvalue weighted by Crippen LogP contribution is -2.50. The fourth-order valence-electron chi connectivity index (χ4n) is 3.30. The molecular weight excluding hydrogens is 447 g/mol. The molecule has 1 aliphatic heterocycles. The highest BCUT2D eigenvalue weighted by Crippen LogP contribution is 2.33. The number of carbonyl (C=O) groups excluding carboxylic acids is 1. The van der Waals surface area contributed by atoms with Crippen molar-refractivity contribution in [2.45, 2.75) is 6.36 Å². The van der Waals surface area contributed by atoms with Gasteiger partial charge in [0.05, 0.1) is 17.3 Å². The molecule has 0 saturated carbocycles. The number of rotatable bonds is 6. The third-order valence-corrected chi connectivity index (χ3v) is 5.97. The number of thiazole rings is 1. The van der Waals surface area contributed by atoms with E-state index in [0.29, 0.717) is 53.0 Å². The van der Waals surface area contributed by atoms with Crippen molar-refractivity contribution in [2.24, 2.45) is 0 Å². The van der Waals surface area contributed by atoms with E-state index in [1.54, 1.807) is 36.3 Å². The quantitative estimate of drug-likeness (QED) is 0.548. The third-order valence-electron chi connectivity index (χ3n) is 4.89. The number of piperazine rings is 1. The molecule has 32 heavy (non-hydrogen) atoms. The van der Waals surface area contributed by atoms with E-state index in [9.17, 15) is 18.0 Å². The number of nitrogens with zero attached hydrogens (tertiary/aromatic N) is 3. The monoisotopic (exact) mass is 467 g/mol. The summed E-state index contributed by atoms with van der Waals surface area (Å²) < 4.78 is 52.6. The highest BCUT2D eigenvalue weighted by atomic mass is 32.1. The van der Waals surface area contributed by atoms with Gasteiger partial charge in [-0.2, -0.15) is 0 Å². The number of carbonyl (C=O) groups is 1. The Labute approximate surface area is 185 Å². The summed E-state index contributed by atoms with van der Waals surface area (Å²) in [6.07, 6.45) is -4.74. The standard InChI is InChI=1S/C21H20F3N3O4S/c1-29-14-3-2-4-15(11-14)30-13-19(28)26-7-9-27(10-8-26)20-25-17-6-5-16(12-18(17)32-20)31-21(22,23)24/h2-6,11-12H,7-10,13H2,1H3. The average Bonchev–Trinajstić information content (AvgIpc) is 3.20. The second-order valence-electron chi connectivity index (χ2n) is 7.01. The highest BCUT2D eigenvalue weighted by Gasteiger charge is 2.31. The van der Waals surface area contributed by atoms with Crippen molar-refractivity contribution in [3.05, 3.63) is 42.5 Å². The lowest BCUT2D eigenvalue weighted by molar-refractivity contribution is -0.274. The van der Waals surface area contributed by atoms with Crippen molar-refractivity contribution in [3.8, 4) is 17.2 Å². The molecule has 1 amide bonds. The normalized spacial score (nSPS) is 14.5. The van der Waals surface area contributed by atoms with Crippen molar-refractivity contribution in [3.63, 3.8) is 0 Å². The largest absolute Gasteiger partial charge is 0.573 e. The Morgan fingerprint density at radius 1 is 1.06 bits per heavy atom. The van der Waals surface area contributed by atoms with E-state index < -0.39 is 6.36 Å². The molecule has 2 aromatic carbocycles. The molecule has 11 heteroatoms. The maximum atomic E-state index is 12.5. The molecule has 0 radical (unpaired) electrons. The Hall–Kier alpha value is -3.21. The number of anilines is 1. The molecule has 7 nitrogen and oxygen atoms in total. The number of methoxy groups -OCH3 is 1. The molecule has 0 spiro atoms. The van der Waals surface area contributed by atoms with Crippen LogP contribution in [0, 0.1) is 0 Å². The van der Waals surface area contributed by atoms with E-state index in [4.69, 9.17) is 9.47 Å². The minimum atomic E-state index is -4.74. The van der Waals surface area contributed by atoms with Crippen molar-refractivity contribution in [1.29, 1.82) is 0 Å². The molecule has 0 N–H and O–H groups in total. The van der Waals surface area contributed by atoms with Gasteiger partial charge in [-0.05, 0) is 24.3 Å². The van der Waals surface area contributed by atoms with E-state index in [1.807, 2.05) is 4.90 Å². The minimum absolute atomic E-state index is 0.0731. The summed E-state index contributed by atoms with van der Waals surface area (Å²) in [4.78, 5) is 20.7. The Bertz CT molecular complexity index is 1100. The van der Waals surface area contributed by atoms with Gasteiger partial charge in [0.25, 0.3) is 5.91 Å². The number of alkyl halides is 3. The molecule has 1 saturated heterocycles. The molecule has 2 heterocycles. The molecule has 170 valence electrons. The van der Waals surface area contributed by atoms with E-state index in [0.717, 1.165) is 0 Å². The smallest absolute Gasteiger partial charge is 0.497 e. The molecule has 0 atom stereocenters. The summed E-state index contributed by atoms with van der Waals surface area (Å²) >= 11 is 1.29. The minimum Gasteiger partial charge on any atom is -0.497 e. The molecule has 0 bridgehead atoms. The Kier molecular flexibility index (Phi) is 6.26. The van der Waals surface area contributed by atoms with Gasteiger partial charge in [0.2, 0.25) is 0 Å². The van der Waals surface area contributed by atoms with Crippen molar-refractivity contribution in [1.82, 2.24) is 9.88 Å². The van der Waals surface area contributed by atoms with Gasteiger partial charge in [0.1, 0.15) is 17.2 Å². The fraction of sp³-hybridized carbons (Fsp3) is 0.333. The Morgan fingerprint density at radius 2 is 1.81 bits per heavy atom. The van der Waals surface area contributed by atoms with Gasteiger partial charge in [0.15, 0.2) is 11.7 Å². The van der Waals surface area contributed by atoms with Crippen LogP contribution in [-0.2, 0) is 4.79 Å². The molecule has 1 aliphatic rings. The van der Waals surface area contributed by atoms with E-state index in [2.05, 4.69) is 9.72 Å². The van der Waals surface area contributed by atoms with E-state index in [1.165, 1.54) is 29.5 Å². The van der Waals surface area contributed by atoms with Crippen LogP contribution in [0.25, 0.3) is 10.2 Å². The van der Waals surface area contributed by atoms with Crippen LogP contribution < -0.4 is 19.1 Å². The van der Waals surface area contributed by atoms with Crippen LogP contribution in [-0.4, -0.2) is 62.0 Å². The molecule has 1 aromatic heterocycles. The van der Waals surface area contributed by atoms with Gasteiger partial charge in [-0.3, -0.25) is 4.79 Å². The van der Waals surface area contributed by atoms with Gasteiger partial charge in [-0.1, -0.05) is 17.4 Å². The summed E-state index contributed by atoms with van der Waals surface area (Å²) in [6, 6.07) is 11.1. The topological polar surface area (TPSA) is 64.1 Å². The van der Waals surface area contributed by atoms with Crippen LogP contribution >= 0.6 is 11.3 Å². The van der Waals surface area contributed by atoms with Crippen LogP contribution in [0.1, 0.15) is 0 Å². The number of halogens is 3. The zero-order valence-corrected chi connectivity index (χ0v) is 17.9. The van der Waals surface area contributed by atoms with Gasteiger partial charge in [-0.15, -0.1) is 13.2 Å². The maximum absolute atomic E-state index is 12.5. The number of aromatic nitrogens is 1. The summed E-state index contributed by atoms with van der Waals surface area (Å²) in [5.41, 5.74) is 0.602. The average molecular weight is 467 g/mol. The fourth-order valence-corrected chi connectivity index (χ4v) is 4.35. The molecule has 0 unspecified atom stereocenters. The van der Waals surface area contributed by atoms with Crippen LogP contribution in [0.2, 0.25) is 0 Å². The number of hydrogen-bond donors (Lipinski definition) is 0. The second-order valence-corrected chi connectivity index (χ2v) is 8.02. The molecule has 3 aromatic rings. The van der Waals surface area contributed by atoms with Crippen LogP contribution in [0.3, 0.4) is 0 Å². The van der Waals surface area contributed by atoms with Crippen LogP contribution in [0.4, 0.5) is 18.3 Å². The predicted octanol–water partition coefficient (Wildman–Crippen LogP) is 3.93. The van der Waals surface area contributed by atoms with Gasteiger partial charge < -0.3 is 24.0 Å². The number of benzene rings is 2. The summed E-state index contributed by atoms with van der Waals surface area (Å²) in [6.45, 7) is 2.06. The summed E-state index contributed by atoms with van der Waals surface area (Å²) in [5, 5.41) is 0.698. The summed E-state index contributed by atoms with van der Waals surface area (Å²) in [7, 11) is 1.56. The number of fused-ring (bicyclic) bond motifs is 1. The van der Waals surface area contributed by atoms with Crippen molar-refractivity contribution >= 4 is 32.6 Å². The van der Waals surface area contributed by atoms with Gasteiger partial charge in [-0.25, -0.2) is 4.98 Å². The second kappa shape index (κ2) is 9.11. The van der Waals surface area contributed by atoms with Crippen LogP contribution in [0.5, 0.6) is 17.2 Å². The zero-order chi connectivity index (χ0) is 22.7. The maximum Gasteiger partial charge on any atom is 0.573 e. The zero-order valence-electron chi connectivity index (χ0n) is 17.1. The Balaban J connectivity index is 1.32. The number of amides is 1. The van der Waals surface area contributed by atoms with Crippen LogP contribution in [0.15, 0.2) is 42.5 Å². The first-order chi connectivity index (χ1) is 15.3. The van der Waals surface area contributed by atoms with Gasteiger partial charge >= 0.3 is 6.36 Å². The predicted molar refractivity (Wildman–Crippen MR) is 114 cm³/mol. The number of ether oxygens (including phenoxy) is 3. The first-order valence-electron chi connectivity index (χ1n) is 9.77. The third kappa shape index (κ3) is 5.34. The first-order valence-corrected chi connectivity index (χ1v) is 10.6. The SMILES string of the molecule is COc1cccc(OCC(=O)N2CCN(c3nc4ccc(OC(F)(F)F)cc4s3)CC2)c1. The van der Waals surface area contributed by atoms with Crippen molar-refractivity contribution < 1.29 is 32.2 Å². The molecule has 4 rings (SSSR count). The van der Waals surface area contributed by atoms with E-state index >= 15 is 0 Å². The molecule has 0 aliphatic carbocycles. The first kappa shape index (κ1) is 22.0. The number of hydrogen-bond acceptors (Lipinski definition) is 7. The molecular formula is C21H20F3N3O4S. The lowest BCUT2D eigenvalue weighted by Gasteiger charge is -2.34. The lowest BCUT2D eigenvalue weighted by atomic mass is 10.3. The van der Waals surface area contributed by atoms with E-state index in [-0.39, 0.29) is 18.3 Å². The van der Waals surface area contributed by atoms with Crippen molar-refractivity contribution in [2.75, 3.05) is 44.8 Å². The Morgan fingerprint density at radius 3 is 2.53 bits per heavy atom.